The van der Waals surface area contributed by atoms with E-state index in [-0.39, 0.29) is 17.6 Å². The van der Waals surface area contributed by atoms with E-state index >= 15 is 0 Å². The van der Waals surface area contributed by atoms with Gasteiger partial charge in [0, 0.05) is 6.54 Å². The monoisotopic (exact) mass is 316 g/mol. The Kier molecular flexibility index (Phi) is 5.39. The highest BCUT2D eigenvalue weighted by molar-refractivity contribution is 5.88. The molecule has 0 bridgehead atoms. The van der Waals surface area contributed by atoms with E-state index in [1.54, 1.807) is 24.0 Å². The van der Waals surface area contributed by atoms with Crippen molar-refractivity contribution in [2.45, 2.75) is 33.3 Å². The van der Waals surface area contributed by atoms with Crippen molar-refractivity contribution in [1.29, 1.82) is 0 Å². The average Bonchev–Trinajstić information content (AvgIpc) is 2.93. The number of urea groups is 1. The van der Waals surface area contributed by atoms with Gasteiger partial charge in [0.1, 0.15) is 0 Å². The molecule has 2 rings (SSSR count). The highest BCUT2D eigenvalue weighted by Crippen LogP contribution is 2.21. The molecule has 2 amide bonds. The lowest BCUT2D eigenvalue weighted by Gasteiger charge is -2.26. The normalized spacial score (nSPS) is 12.7. The lowest BCUT2D eigenvalue weighted by Crippen LogP contribution is -2.38. The van der Waals surface area contributed by atoms with Crippen molar-refractivity contribution in [1.82, 2.24) is 15.1 Å². The molecule has 0 aliphatic rings. The first-order valence-electron chi connectivity index (χ1n) is 7.69. The minimum atomic E-state index is -0.390. The number of carbonyl (C=O) groups is 1. The number of rotatable bonds is 6. The summed E-state index contributed by atoms with van der Waals surface area (Å²) < 4.78 is 1.70. The van der Waals surface area contributed by atoms with Crippen molar-refractivity contribution in [2.75, 3.05) is 11.9 Å². The molecule has 0 radical (unpaired) electrons. The molecule has 0 saturated carbocycles. The van der Waals surface area contributed by atoms with Crippen LogP contribution in [0.3, 0.4) is 0 Å². The summed E-state index contributed by atoms with van der Waals surface area (Å²) in [5.41, 5.74) is 1.39. The molecule has 0 fully saturated rings. The van der Waals surface area contributed by atoms with E-state index in [1.165, 1.54) is 0 Å². The van der Waals surface area contributed by atoms with Crippen LogP contribution in [0.25, 0.3) is 5.69 Å². The number of aliphatic hydroxyl groups excluding tert-OH is 1. The van der Waals surface area contributed by atoms with Crippen molar-refractivity contribution in [3.05, 3.63) is 42.7 Å². The molecule has 124 valence electrons. The summed E-state index contributed by atoms with van der Waals surface area (Å²) >= 11 is 0. The zero-order valence-electron chi connectivity index (χ0n) is 13.8. The highest BCUT2D eigenvalue weighted by atomic mass is 16.3. The van der Waals surface area contributed by atoms with E-state index in [1.807, 2.05) is 44.2 Å². The Bertz CT molecular complexity index is 635. The van der Waals surface area contributed by atoms with Crippen molar-refractivity contribution in [2.24, 2.45) is 5.41 Å². The van der Waals surface area contributed by atoms with Crippen LogP contribution in [-0.2, 0) is 0 Å². The van der Waals surface area contributed by atoms with Crippen LogP contribution in [0.5, 0.6) is 0 Å². The Hall–Kier alpha value is -2.34. The molecule has 23 heavy (non-hydrogen) atoms. The van der Waals surface area contributed by atoms with E-state index in [0.29, 0.717) is 18.7 Å². The molecule has 1 aromatic carbocycles. The van der Waals surface area contributed by atoms with Crippen molar-refractivity contribution < 1.29 is 9.90 Å². The summed E-state index contributed by atoms with van der Waals surface area (Å²) in [6.45, 7) is 6.25. The number of nitrogens with one attached hydrogen (secondary N) is 2. The molecule has 0 saturated heterocycles. The smallest absolute Gasteiger partial charge is 0.319 e. The average molecular weight is 316 g/mol. The SMILES string of the molecule is CC(O)CC(C)(C)CNC(=O)Nc1cnn(-c2ccccc2)c1. The van der Waals surface area contributed by atoms with Gasteiger partial charge < -0.3 is 15.7 Å². The van der Waals surface area contributed by atoms with Gasteiger partial charge in [-0.2, -0.15) is 5.10 Å². The van der Waals surface area contributed by atoms with Crippen molar-refractivity contribution >= 4 is 11.7 Å². The molecule has 6 nitrogen and oxygen atoms in total. The van der Waals surface area contributed by atoms with Crippen LogP contribution in [0, 0.1) is 5.41 Å². The summed E-state index contributed by atoms with van der Waals surface area (Å²) in [7, 11) is 0. The number of para-hydroxylation sites is 1. The first kappa shape index (κ1) is 17.0. The second-order valence-electron chi connectivity index (χ2n) is 6.53. The second-order valence-corrected chi connectivity index (χ2v) is 6.53. The lowest BCUT2D eigenvalue weighted by molar-refractivity contribution is 0.129. The number of anilines is 1. The number of aromatic nitrogens is 2. The molecule has 0 spiro atoms. The third-order valence-corrected chi connectivity index (χ3v) is 3.44. The molecule has 2 aromatic rings. The number of aliphatic hydroxyl groups is 1. The zero-order chi connectivity index (χ0) is 16.9. The molecule has 6 heteroatoms. The van der Waals surface area contributed by atoms with E-state index < -0.39 is 0 Å². The molecule has 0 aliphatic carbocycles. The summed E-state index contributed by atoms with van der Waals surface area (Å²) in [4.78, 5) is 12.0. The third kappa shape index (κ3) is 5.41. The van der Waals surface area contributed by atoms with Gasteiger partial charge in [0.25, 0.3) is 0 Å². The molecule has 1 heterocycles. The van der Waals surface area contributed by atoms with Crippen LogP contribution < -0.4 is 10.6 Å². The van der Waals surface area contributed by atoms with Crippen LogP contribution in [0.4, 0.5) is 10.5 Å². The summed E-state index contributed by atoms with van der Waals surface area (Å²) in [6, 6.07) is 9.40. The van der Waals surface area contributed by atoms with Gasteiger partial charge in [-0.1, -0.05) is 32.0 Å². The minimum Gasteiger partial charge on any atom is -0.393 e. The van der Waals surface area contributed by atoms with Gasteiger partial charge in [-0.25, -0.2) is 9.48 Å². The summed E-state index contributed by atoms with van der Waals surface area (Å²) in [6.07, 6.45) is 3.60. The van der Waals surface area contributed by atoms with Crippen molar-refractivity contribution in [3.8, 4) is 5.69 Å². The van der Waals surface area contributed by atoms with Crippen LogP contribution in [0.2, 0.25) is 0 Å². The molecule has 0 aliphatic heterocycles. The van der Waals surface area contributed by atoms with E-state index in [0.717, 1.165) is 5.69 Å². The van der Waals surface area contributed by atoms with Gasteiger partial charge >= 0.3 is 6.03 Å². The fourth-order valence-corrected chi connectivity index (χ4v) is 2.48. The molecule has 1 unspecified atom stereocenters. The van der Waals surface area contributed by atoms with Crippen molar-refractivity contribution in [3.63, 3.8) is 0 Å². The predicted molar refractivity (Wildman–Crippen MR) is 90.7 cm³/mol. The largest absolute Gasteiger partial charge is 0.393 e. The summed E-state index contributed by atoms with van der Waals surface area (Å²) in [5, 5.41) is 19.3. The first-order valence-corrected chi connectivity index (χ1v) is 7.69. The first-order chi connectivity index (χ1) is 10.9. The van der Waals surface area contributed by atoms with Gasteiger partial charge in [0.2, 0.25) is 0 Å². The van der Waals surface area contributed by atoms with E-state index in [9.17, 15) is 9.90 Å². The fourth-order valence-electron chi connectivity index (χ4n) is 2.48. The number of carbonyl (C=O) groups excluding carboxylic acids is 1. The Morgan fingerprint density at radius 3 is 2.70 bits per heavy atom. The maximum atomic E-state index is 12.0. The third-order valence-electron chi connectivity index (χ3n) is 3.44. The number of amides is 2. The van der Waals surface area contributed by atoms with Gasteiger partial charge in [0.05, 0.1) is 29.9 Å². The lowest BCUT2D eigenvalue weighted by atomic mass is 9.87. The topological polar surface area (TPSA) is 79.2 Å². The van der Waals surface area contributed by atoms with Gasteiger partial charge in [0.15, 0.2) is 0 Å². The van der Waals surface area contributed by atoms with Crippen LogP contribution in [0.1, 0.15) is 27.2 Å². The maximum Gasteiger partial charge on any atom is 0.319 e. The predicted octanol–water partition coefficient (Wildman–Crippen LogP) is 2.79. The Morgan fingerprint density at radius 1 is 1.35 bits per heavy atom. The zero-order valence-corrected chi connectivity index (χ0v) is 13.8. The number of hydrogen-bond donors (Lipinski definition) is 3. The second kappa shape index (κ2) is 7.28. The van der Waals surface area contributed by atoms with E-state index in [2.05, 4.69) is 15.7 Å². The highest BCUT2D eigenvalue weighted by Gasteiger charge is 2.21. The molecule has 3 N–H and O–H groups in total. The van der Waals surface area contributed by atoms with Crippen LogP contribution in [0.15, 0.2) is 42.7 Å². The van der Waals surface area contributed by atoms with Gasteiger partial charge in [-0.05, 0) is 30.9 Å². The number of nitrogens with zero attached hydrogens (tertiary/aromatic N) is 2. The van der Waals surface area contributed by atoms with E-state index in [4.69, 9.17) is 0 Å². The molecular weight excluding hydrogens is 292 g/mol. The van der Waals surface area contributed by atoms with Crippen LogP contribution >= 0.6 is 0 Å². The maximum absolute atomic E-state index is 12.0. The Morgan fingerprint density at radius 2 is 2.04 bits per heavy atom. The number of benzene rings is 1. The molecule has 1 aromatic heterocycles. The van der Waals surface area contributed by atoms with Crippen LogP contribution in [-0.4, -0.2) is 33.6 Å². The molecule has 1 atom stereocenters. The standard InChI is InChI=1S/C17H24N4O2/c1-13(22)9-17(2,3)12-18-16(23)20-14-10-19-21(11-14)15-7-5-4-6-8-15/h4-8,10-11,13,22H,9,12H2,1-3H3,(H2,18,20,23). The Labute approximate surface area is 136 Å². The van der Waals surface area contributed by atoms with Gasteiger partial charge in [-0.3, -0.25) is 0 Å². The quantitative estimate of drug-likeness (QED) is 0.766. The fraction of sp³-hybridized carbons (Fsp3) is 0.412. The molecular formula is C17H24N4O2. The Balaban J connectivity index is 1.88. The minimum absolute atomic E-state index is 0.167. The van der Waals surface area contributed by atoms with Gasteiger partial charge in [-0.15, -0.1) is 0 Å². The summed E-state index contributed by atoms with van der Waals surface area (Å²) in [5.74, 6) is 0. The number of hydrogen-bond acceptors (Lipinski definition) is 3.